The van der Waals surface area contributed by atoms with Crippen molar-refractivity contribution in [3.8, 4) is 11.3 Å². The van der Waals surface area contributed by atoms with Crippen LogP contribution >= 0.6 is 12.2 Å². The number of aromatic amines is 1. The van der Waals surface area contributed by atoms with Crippen LogP contribution in [0.3, 0.4) is 0 Å². The number of aromatic nitrogens is 2. The minimum atomic E-state index is -4.47. The first kappa shape index (κ1) is 15.7. The number of halogens is 3. The van der Waals surface area contributed by atoms with Gasteiger partial charge in [-0.25, -0.2) is 4.98 Å². The van der Waals surface area contributed by atoms with Crippen LogP contribution in [-0.2, 0) is 12.6 Å². The predicted molar refractivity (Wildman–Crippen MR) is 78.4 cm³/mol. The Kier molecular flexibility index (Phi) is 4.46. The summed E-state index contributed by atoms with van der Waals surface area (Å²) in [7, 11) is 0. The fourth-order valence-corrected chi connectivity index (χ4v) is 2.25. The molecule has 0 atom stereocenters. The van der Waals surface area contributed by atoms with Crippen LogP contribution in [0, 0.1) is 10.7 Å². The van der Waals surface area contributed by atoms with E-state index in [1.165, 1.54) is 0 Å². The van der Waals surface area contributed by atoms with Gasteiger partial charge in [0.25, 0.3) is 0 Å². The van der Waals surface area contributed by atoms with Gasteiger partial charge in [0.2, 0.25) is 0 Å². The molecule has 2 rings (SSSR count). The molecule has 0 aliphatic carbocycles. The van der Waals surface area contributed by atoms with Gasteiger partial charge in [-0.1, -0.05) is 38.1 Å². The number of nitrogens with one attached hydrogen (secondary N) is 1. The Hall–Kier alpha value is -1.69. The number of nitrogens with zero attached hydrogens (tertiary/aromatic N) is 1. The van der Waals surface area contributed by atoms with E-state index < -0.39 is 11.9 Å². The monoisotopic (exact) mass is 312 g/mol. The predicted octanol–water partition coefficient (Wildman–Crippen LogP) is 5.02. The van der Waals surface area contributed by atoms with Crippen LogP contribution in [0.25, 0.3) is 11.3 Å². The van der Waals surface area contributed by atoms with Crippen LogP contribution in [0.2, 0.25) is 0 Å². The summed E-state index contributed by atoms with van der Waals surface area (Å²) >= 11 is 4.77. The molecule has 1 aromatic heterocycles. The Morgan fingerprint density at radius 3 is 2.33 bits per heavy atom. The van der Waals surface area contributed by atoms with Gasteiger partial charge in [0.1, 0.15) is 5.69 Å². The van der Waals surface area contributed by atoms with E-state index >= 15 is 0 Å². The van der Waals surface area contributed by atoms with E-state index in [0.717, 1.165) is 18.1 Å². The minimum Gasteiger partial charge on any atom is -0.327 e. The zero-order valence-corrected chi connectivity index (χ0v) is 12.5. The Bertz CT molecular complexity index is 673. The maximum absolute atomic E-state index is 12.8. The van der Waals surface area contributed by atoms with Gasteiger partial charge in [0.05, 0.1) is 5.69 Å². The summed E-state index contributed by atoms with van der Waals surface area (Å²) in [5.41, 5.74) is 1.10. The molecule has 0 saturated carbocycles. The summed E-state index contributed by atoms with van der Waals surface area (Å²) in [6.07, 6.45) is -3.54. The molecule has 0 aliphatic rings. The Morgan fingerprint density at radius 1 is 1.19 bits per heavy atom. The maximum atomic E-state index is 12.8. The van der Waals surface area contributed by atoms with Gasteiger partial charge in [-0.05, 0) is 36.2 Å². The summed E-state index contributed by atoms with van der Waals surface area (Å²) in [4.78, 5) is 6.04. The molecule has 0 radical (unpaired) electrons. The third kappa shape index (κ3) is 4.14. The number of H-pyrrole nitrogens is 1. The van der Waals surface area contributed by atoms with Crippen LogP contribution < -0.4 is 0 Å². The molecule has 0 spiro atoms. The van der Waals surface area contributed by atoms with Crippen molar-refractivity contribution in [1.82, 2.24) is 9.97 Å². The molecule has 2 nitrogen and oxygen atoms in total. The molecule has 1 N–H and O–H groups in total. The standard InChI is InChI=1S/C15H15F3N2S/c1-9(2)7-10-3-5-11(6-4-10)12-8-13(15(16,17)18)20-14(21)19-12/h3-6,8-9H,7H2,1-2H3,(H,19,20,21). The molecule has 1 aromatic carbocycles. The van der Waals surface area contributed by atoms with Crippen LogP contribution in [0.1, 0.15) is 25.1 Å². The third-order valence-corrected chi connectivity index (χ3v) is 3.14. The van der Waals surface area contributed by atoms with Crippen molar-refractivity contribution in [2.75, 3.05) is 0 Å². The van der Waals surface area contributed by atoms with Crippen molar-refractivity contribution in [3.05, 3.63) is 46.4 Å². The Labute approximate surface area is 126 Å². The highest BCUT2D eigenvalue weighted by Crippen LogP contribution is 2.29. The van der Waals surface area contributed by atoms with Gasteiger partial charge in [0.15, 0.2) is 4.77 Å². The van der Waals surface area contributed by atoms with E-state index in [9.17, 15) is 13.2 Å². The first-order valence-corrected chi connectivity index (χ1v) is 6.94. The van der Waals surface area contributed by atoms with E-state index in [1.807, 2.05) is 12.1 Å². The van der Waals surface area contributed by atoms with Gasteiger partial charge < -0.3 is 4.98 Å². The van der Waals surface area contributed by atoms with E-state index in [1.54, 1.807) is 12.1 Å². The molecule has 0 bridgehead atoms. The fourth-order valence-electron chi connectivity index (χ4n) is 2.04. The molecule has 0 aliphatic heterocycles. The fraction of sp³-hybridized carbons (Fsp3) is 0.333. The average Bonchev–Trinajstić information content (AvgIpc) is 2.37. The third-order valence-electron chi connectivity index (χ3n) is 2.94. The van der Waals surface area contributed by atoms with Gasteiger partial charge >= 0.3 is 6.18 Å². The molecule has 0 amide bonds. The molecule has 1 heterocycles. The lowest BCUT2D eigenvalue weighted by atomic mass is 10.0. The van der Waals surface area contributed by atoms with E-state index in [-0.39, 0.29) is 10.5 Å². The maximum Gasteiger partial charge on any atom is 0.431 e. The minimum absolute atomic E-state index is 0.175. The number of alkyl halides is 3. The molecule has 0 unspecified atom stereocenters. The van der Waals surface area contributed by atoms with Crippen molar-refractivity contribution in [2.24, 2.45) is 5.92 Å². The zero-order chi connectivity index (χ0) is 15.6. The highest BCUT2D eigenvalue weighted by atomic mass is 32.1. The topological polar surface area (TPSA) is 28.7 Å². The second-order valence-corrected chi connectivity index (χ2v) is 5.66. The largest absolute Gasteiger partial charge is 0.431 e. The molecular formula is C15H15F3N2S. The van der Waals surface area contributed by atoms with E-state index in [0.29, 0.717) is 11.5 Å². The zero-order valence-electron chi connectivity index (χ0n) is 11.7. The average molecular weight is 312 g/mol. The lowest BCUT2D eigenvalue weighted by molar-refractivity contribution is -0.141. The smallest absolute Gasteiger partial charge is 0.327 e. The summed E-state index contributed by atoms with van der Waals surface area (Å²) in [6.45, 7) is 4.23. The summed E-state index contributed by atoms with van der Waals surface area (Å²) < 4.78 is 38.1. The van der Waals surface area contributed by atoms with Crippen LogP contribution in [0.5, 0.6) is 0 Å². The van der Waals surface area contributed by atoms with Gasteiger partial charge in [-0.3, -0.25) is 0 Å². The molecule has 0 saturated heterocycles. The number of rotatable bonds is 3. The lowest BCUT2D eigenvalue weighted by Crippen LogP contribution is -2.09. The van der Waals surface area contributed by atoms with Gasteiger partial charge in [-0.2, -0.15) is 13.2 Å². The molecule has 21 heavy (non-hydrogen) atoms. The normalized spacial score (nSPS) is 11.9. The SMILES string of the molecule is CC(C)Cc1ccc(-c2cc(C(F)(F)F)[nH]c(=S)n2)cc1. The lowest BCUT2D eigenvalue weighted by Gasteiger charge is -2.09. The van der Waals surface area contributed by atoms with Gasteiger partial charge in [-0.15, -0.1) is 0 Å². The van der Waals surface area contributed by atoms with E-state index in [2.05, 4.69) is 23.8 Å². The summed E-state index contributed by atoms with van der Waals surface area (Å²) in [5.74, 6) is 0.524. The van der Waals surface area contributed by atoms with Crippen LogP contribution in [0.15, 0.2) is 30.3 Å². The summed E-state index contributed by atoms with van der Waals surface area (Å²) in [5, 5.41) is 0. The quantitative estimate of drug-likeness (QED) is 0.806. The number of hydrogen-bond donors (Lipinski definition) is 1. The second-order valence-electron chi connectivity index (χ2n) is 5.28. The molecular weight excluding hydrogens is 297 g/mol. The molecule has 6 heteroatoms. The first-order chi connectivity index (χ1) is 9.75. The number of hydrogen-bond acceptors (Lipinski definition) is 2. The molecule has 0 fully saturated rings. The Balaban J connectivity index is 2.38. The van der Waals surface area contributed by atoms with Crippen LogP contribution in [0.4, 0.5) is 13.2 Å². The molecule has 2 aromatic rings. The van der Waals surface area contributed by atoms with Crippen molar-refractivity contribution in [1.29, 1.82) is 0 Å². The highest BCUT2D eigenvalue weighted by molar-refractivity contribution is 7.71. The van der Waals surface area contributed by atoms with Crippen molar-refractivity contribution in [3.63, 3.8) is 0 Å². The van der Waals surface area contributed by atoms with Gasteiger partial charge in [0, 0.05) is 5.56 Å². The summed E-state index contributed by atoms with van der Waals surface area (Å²) in [6, 6.07) is 8.34. The van der Waals surface area contributed by atoms with Crippen LogP contribution in [-0.4, -0.2) is 9.97 Å². The second kappa shape index (κ2) is 5.97. The first-order valence-electron chi connectivity index (χ1n) is 6.53. The number of benzene rings is 1. The Morgan fingerprint density at radius 2 is 1.81 bits per heavy atom. The van der Waals surface area contributed by atoms with Crippen molar-refractivity contribution < 1.29 is 13.2 Å². The molecule has 112 valence electrons. The van der Waals surface area contributed by atoms with Crippen molar-refractivity contribution >= 4 is 12.2 Å². The van der Waals surface area contributed by atoms with Crippen molar-refractivity contribution in [2.45, 2.75) is 26.4 Å². The van der Waals surface area contributed by atoms with E-state index in [4.69, 9.17) is 12.2 Å². The highest BCUT2D eigenvalue weighted by Gasteiger charge is 2.32.